The van der Waals surface area contributed by atoms with Crippen LogP contribution in [0.3, 0.4) is 0 Å². The van der Waals surface area contributed by atoms with Crippen molar-refractivity contribution in [3.8, 4) is 0 Å². The molecule has 17 heavy (non-hydrogen) atoms. The van der Waals surface area contributed by atoms with Crippen LogP contribution in [0, 0.1) is 11.8 Å². The lowest BCUT2D eigenvalue weighted by atomic mass is 9.87. The number of hydrogen-bond acceptors (Lipinski definition) is 4. The molecule has 0 aromatic carbocycles. The summed E-state index contributed by atoms with van der Waals surface area (Å²) in [4.78, 5) is 11.0. The van der Waals surface area contributed by atoms with Gasteiger partial charge in [-0.2, -0.15) is 0 Å². The molecule has 0 saturated carbocycles. The minimum Gasteiger partial charge on any atom is -0.355 e. The van der Waals surface area contributed by atoms with E-state index in [1.54, 1.807) is 6.20 Å². The van der Waals surface area contributed by atoms with Gasteiger partial charge in [0, 0.05) is 19.6 Å². The summed E-state index contributed by atoms with van der Waals surface area (Å²) in [5.74, 6) is 2.65. The predicted octanol–water partition coefficient (Wildman–Crippen LogP) is 1.81. The third kappa shape index (κ3) is 2.94. The van der Waals surface area contributed by atoms with E-state index in [1.807, 2.05) is 6.20 Å². The van der Waals surface area contributed by atoms with E-state index in [0.717, 1.165) is 36.4 Å². The quantitative estimate of drug-likeness (QED) is 0.866. The van der Waals surface area contributed by atoms with E-state index in [2.05, 4.69) is 28.7 Å². The van der Waals surface area contributed by atoms with Gasteiger partial charge in [0.05, 0.1) is 18.1 Å². The predicted molar refractivity (Wildman–Crippen MR) is 69.7 cm³/mol. The average molecular weight is 234 g/mol. The topological polar surface area (TPSA) is 55.0 Å². The van der Waals surface area contributed by atoms with Crippen molar-refractivity contribution in [2.24, 2.45) is 17.6 Å². The van der Waals surface area contributed by atoms with E-state index in [0.29, 0.717) is 6.54 Å². The fraction of sp³-hybridized carbons (Fsp3) is 0.692. The molecule has 0 aliphatic carbocycles. The van der Waals surface area contributed by atoms with E-state index in [4.69, 9.17) is 5.73 Å². The van der Waals surface area contributed by atoms with Crippen molar-refractivity contribution >= 4 is 5.82 Å². The second kappa shape index (κ2) is 5.45. The fourth-order valence-electron chi connectivity index (χ4n) is 2.41. The standard InChI is InChI=1S/C13H22N4/c1-10(2)11-3-5-17(6-4-11)13-9-15-12(7-14)8-16-13/h8-11H,3-7,14H2,1-2H3. The van der Waals surface area contributed by atoms with Crippen molar-refractivity contribution in [2.45, 2.75) is 33.2 Å². The van der Waals surface area contributed by atoms with Crippen LogP contribution in [0.15, 0.2) is 12.4 Å². The molecule has 0 unspecified atom stereocenters. The first kappa shape index (κ1) is 12.3. The van der Waals surface area contributed by atoms with Gasteiger partial charge in [0.1, 0.15) is 5.82 Å². The summed E-state index contributed by atoms with van der Waals surface area (Å²) < 4.78 is 0. The maximum atomic E-state index is 5.51. The van der Waals surface area contributed by atoms with Gasteiger partial charge < -0.3 is 10.6 Å². The summed E-state index contributed by atoms with van der Waals surface area (Å²) in [7, 11) is 0. The van der Waals surface area contributed by atoms with Crippen LogP contribution < -0.4 is 10.6 Å². The van der Waals surface area contributed by atoms with Crippen LogP contribution in [0.1, 0.15) is 32.4 Å². The monoisotopic (exact) mass is 234 g/mol. The second-order valence-electron chi connectivity index (χ2n) is 5.14. The normalized spacial score (nSPS) is 17.8. The third-order valence-electron chi connectivity index (χ3n) is 3.71. The highest BCUT2D eigenvalue weighted by Crippen LogP contribution is 2.26. The molecule has 4 nitrogen and oxygen atoms in total. The minimum atomic E-state index is 0.461. The Labute approximate surface area is 103 Å². The van der Waals surface area contributed by atoms with Gasteiger partial charge in [0.15, 0.2) is 0 Å². The highest BCUT2D eigenvalue weighted by atomic mass is 15.2. The Morgan fingerprint density at radius 3 is 2.47 bits per heavy atom. The first-order valence-electron chi connectivity index (χ1n) is 6.46. The lowest BCUT2D eigenvalue weighted by Crippen LogP contribution is -2.35. The second-order valence-corrected chi connectivity index (χ2v) is 5.14. The van der Waals surface area contributed by atoms with E-state index < -0.39 is 0 Å². The molecule has 1 aliphatic rings. The largest absolute Gasteiger partial charge is 0.355 e. The summed E-state index contributed by atoms with van der Waals surface area (Å²) in [5.41, 5.74) is 6.37. The number of aromatic nitrogens is 2. The average Bonchev–Trinajstić information content (AvgIpc) is 2.39. The van der Waals surface area contributed by atoms with Crippen molar-refractivity contribution in [1.29, 1.82) is 0 Å². The first-order chi connectivity index (χ1) is 8.20. The van der Waals surface area contributed by atoms with Crippen molar-refractivity contribution in [2.75, 3.05) is 18.0 Å². The molecule has 2 heterocycles. The molecule has 0 spiro atoms. The van der Waals surface area contributed by atoms with Gasteiger partial charge in [0.25, 0.3) is 0 Å². The molecule has 94 valence electrons. The summed E-state index contributed by atoms with van der Waals surface area (Å²) >= 11 is 0. The summed E-state index contributed by atoms with van der Waals surface area (Å²) in [6, 6.07) is 0. The number of piperidine rings is 1. The molecule has 1 aromatic rings. The Morgan fingerprint density at radius 1 is 1.29 bits per heavy atom. The highest BCUT2D eigenvalue weighted by molar-refractivity contribution is 5.36. The van der Waals surface area contributed by atoms with Gasteiger partial charge in [0.2, 0.25) is 0 Å². The number of rotatable bonds is 3. The molecular weight excluding hydrogens is 212 g/mol. The molecule has 0 amide bonds. The Kier molecular flexibility index (Phi) is 3.94. The van der Waals surface area contributed by atoms with Crippen LogP contribution in [-0.4, -0.2) is 23.1 Å². The zero-order valence-corrected chi connectivity index (χ0v) is 10.8. The molecule has 2 rings (SSSR count). The molecule has 0 atom stereocenters. The van der Waals surface area contributed by atoms with Crippen molar-refractivity contribution in [3.05, 3.63) is 18.1 Å². The smallest absolute Gasteiger partial charge is 0.147 e. The van der Waals surface area contributed by atoms with Crippen LogP contribution in [0.2, 0.25) is 0 Å². The lowest BCUT2D eigenvalue weighted by Gasteiger charge is -2.34. The molecule has 0 radical (unpaired) electrons. The van der Waals surface area contributed by atoms with Gasteiger partial charge in [-0.15, -0.1) is 0 Å². The summed E-state index contributed by atoms with van der Waals surface area (Å²) in [6.45, 7) is 7.29. The van der Waals surface area contributed by atoms with Crippen molar-refractivity contribution in [1.82, 2.24) is 9.97 Å². The van der Waals surface area contributed by atoms with E-state index in [1.165, 1.54) is 12.8 Å². The third-order valence-corrected chi connectivity index (χ3v) is 3.71. The molecule has 2 N–H and O–H groups in total. The Morgan fingerprint density at radius 2 is 2.00 bits per heavy atom. The summed E-state index contributed by atoms with van der Waals surface area (Å²) in [6.07, 6.45) is 6.15. The van der Waals surface area contributed by atoms with Gasteiger partial charge in [-0.1, -0.05) is 13.8 Å². The van der Waals surface area contributed by atoms with Gasteiger partial charge in [-0.05, 0) is 24.7 Å². The Balaban J connectivity index is 1.95. The number of hydrogen-bond donors (Lipinski definition) is 1. The fourth-order valence-corrected chi connectivity index (χ4v) is 2.41. The van der Waals surface area contributed by atoms with Gasteiger partial charge in [-0.3, -0.25) is 4.98 Å². The van der Waals surface area contributed by atoms with Crippen molar-refractivity contribution < 1.29 is 0 Å². The molecule has 1 aromatic heterocycles. The maximum absolute atomic E-state index is 5.51. The zero-order valence-electron chi connectivity index (χ0n) is 10.8. The van der Waals surface area contributed by atoms with Crippen molar-refractivity contribution in [3.63, 3.8) is 0 Å². The first-order valence-corrected chi connectivity index (χ1v) is 6.46. The zero-order chi connectivity index (χ0) is 12.3. The number of nitrogens with zero attached hydrogens (tertiary/aromatic N) is 3. The van der Waals surface area contributed by atoms with E-state index in [9.17, 15) is 0 Å². The summed E-state index contributed by atoms with van der Waals surface area (Å²) in [5, 5.41) is 0. The maximum Gasteiger partial charge on any atom is 0.147 e. The van der Waals surface area contributed by atoms with Crippen LogP contribution in [0.5, 0.6) is 0 Å². The molecule has 4 heteroatoms. The Bertz CT molecular complexity index is 339. The van der Waals surface area contributed by atoms with Gasteiger partial charge in [-0.25, -0.2) is 4.98 Å². The van der Waals surface area contributed by atoms with Crippen LogP contribution in [-0.2, 0) is 6.54 Å². The molecule has 1 fully saturated rings. The molecule has 1 aliphatic heterocycles. The number of anilines is 1. The lowest BCUT2D eigenvalue weighted by molar-refractivity contribution is 0.310. The Hall–Kier alpha value is -1.16. The van der Waals surface area contributed by atoms with E-state index >= 15 is 0 Å². The SMILES string of the molecule is CC(C)C1CCN(c2cnc(CN)cn2)CC1. The van der Waals surface area contributed by atoms with Crippen LogP contribution in [0.4, 0.5) is 5.82 Å². The van der Waals surface area contributed by atoms with E-state index in [-0.39, 0.29) is 0 Å². The van der Waals surface area contributed by atoms with Crippen LogP contribution >= 0.6 is 0 Å². The molecule has 1 saturated heterocycles. The van der Waals surface area contributed by atoms with Crippen LogP contribution in [0.25, 0.3) is 0 Å². The minimum absolute atomic E-state index is 0.461. The molecular formula is C13H22N4. The molecule has 0 bridgehead atoms. The highest BCUT2D eigenvalue weighted by Gasteiger charge is 2.22. The number of nitrogens with two attached hydrogens (primary N) is 1. The van der Waals surface area contributed by atoms with Gasteiger partial charge >= 0.3 is 0 Å².